The number of nitrogens with zero attached hydrogens (tertiary/aromatic N) is 2. The first-order valence-electron chi connectivity index (χ1n) is 6.69. The smallest absolute Gasteiger partial charge is 0.269 e. The quantitative estimate of drug-likeness (QED) is 0.321. The molecule has 0 aliphatic heterocycles. The summed E-state index contributed by atoms with van der Waals surface area (Å²) in [5, 5.41) is 23.8. The maximum absolute atomic E-state index is 12.3. The Hall–Kier alpha value is -3.21. The molecule has 0 bridgehead atoms. The number of rotatable bonds is 3. The fraction of sp³-hybridized carbons (Fsp3) is 0. The summed E-state index contributed by atoms with van der Waals surface area (Å²) < 4.78 is 0.872. The SMILES string of the molecule is O=[N+]([O-])c1ccc(/C=C/c2ccc3ccccc3[n+]2[O-])cc1. The molecule has 1 heterocycles. The summed E-state index contributed by atoms with van der Waals surface area (Å²) in [7, 11) is 0. The topological polar surface area (TPSA) is 70.1 Å². The number of nitro benzene ring substituents is 1. The van der Waals surface area contributed by atoms with E-state index in [2.05, 4.69) is 0 Å². The van der Waals surface area contributed by atoms with Gasteiger partial charge in [0, 0.05) is 35.7 Å². The van der Waals surface area contributed by atoms with Gasteiger partial charge in [-0.15, -0.1) is 0 Å². The first-order valence-corrected chi connectivity index (χ1v) is 6.69. The van der Waals surface area contributed by atoms with Gasteiger partial charge in [0.2, 0.25) is 11.2 Å². The molecule has 0 N–H and O–H groups in total. The van der Waals surface area contributed by atoms with Crippen LogP contribution in [0.5, 0.6) is 0 Å². The van der Waals surface area contributed by atoms with Crippen molar-refractivity contribution < 1.29 is 9.65 Å². The molecule has 0 fully saturated rings. The van der Waals surface area contributed by atoms with Crippen molar-refractivity contribution in [2.75, 3.05) is 0 Å². The van der Waals surface area contributed by atoms with Gasteiger partial charge in [0.05, 0.1) is 4.92 Å². The minimum atomic E-state index is -0.442. The first kappa shape index (κ1) is 13.8. The number of hydrogen-bond donors (Lipinski definition) is 0. The summed E-state index contributed by atoms with van der Waals surface area (Å²) in [6, 6.07) is 17.1. The fourth-order valence-corrected chi connectivity index (χ4v) is 2.21. The van der Waals surface area contributed by atoms with Crippen LogP contribution in [-0.2, 0) is 0 Å². The van der Waals surface area contributed by atoms with Gasteiger partial charge in [0.15, 0.2) is 0 Å². The van der Waals surface area contributed by atoms with Crippen LogP contribution in [0.3, 0.4) is 0 Å². The van der Waals surface area contributed by atoms with Crippen LogP contribution in [0.1, 0.15) is 11.3 Å². The number of pyridine rings is 1. The van der Waals surface area contributed by atoms with Gasteiger partial charge in [-0.1, -0.05) is 12.1 Å². The average molecular weight is 292 g/mol. The van der Waals surface area contributed by atoms with Crippen molar-refractivity contribution in [2.24, 2.45) is 0 Å². The van der Waals surface area contributed by atoms with Crippen LogP contribution in [0.2, 0.25) is 0 Å². The van der Waals surface area contributed by atoms with E-state index in [4.69, 9.17) is 0 Å². The summed E-state index contributed by atoms with van der Waals surface area (Å²) >= 11 is 0. The molecule has 108 valence electrons. The van der Waals surface area contributed by atoms with E-state index in [-0.39, 0.29) is 5.69 Å². The monoisotopic (exact) mass is 292 g/mol. The first-order chi connectivity index (χ1) is 10.6. The molecule has 0 spiro atoms. The van der Waals surface area contributed by atoms with Crippen molar-refractivity contribution in [3.63, 3.8) is 0 Å². The number of benzene rings is 2. The maximum atomic E-state index is 12.3. The summed E-state index contributed by atoms with van der Waals surface area (Å²) in [6.07, 6.45) is 3.45. The van der Waals surface area contributed by atoms with Crippen LogP contribution in [0.15, 0.2) is 60.7 Å². The normalized spacial score (nSPS) is 11.1. The Kier molecular flexibility index (Phi) is 3.53. The number of para-hydroxylation sites is 1. The molecular weight excluding hydrogens is 280 g/mol. The van der Waals surface area contributed by atoms with E-state index in [1.54, 1.807) is 36.4 Å². The maximum Gasteiger partial charge on any atom is 0.269 e. The van der Waals surface area contributed by atoms with E-state index in [0.29, 0.717) is 11.2 Å². The highest BCUT2D eigenvalue weighted by Crippen LogP contribution is 2.15. The molecule has 0 radical (unpaired) electrons. The highest BCUT2D eigenvalue weighted by Gasteiger charge is 2.07. The van der Waals surface area contributed by atoms with Crippen LogP contribution in [0.25, 0.3) is 23.1 Å². The van der Waals surface area contributed by atoms with E-state index in [1.807, 2.05) is 24.3 Å². The average Bonchev–Trinajstić information content (AvgIpc) is 2.55. The lowest BCUT2D eigenvalue weighted by Crippen LogP contribution is -2.30. The number of non-ortho nitro benzene ring substituents is 1. The van der Waals surface area contributed by atoms with Gasteiger partial charge in [-0.2, -0.15) is 4.73 Å². The molecule has 3 rings (SSSR count). The molecule has 5 heteroatoms. The summed E-state index contributed by atoms with van der Waals surface area (Å²) in [5.41, 5.74) is 1.95. The zero-order valence-corrected chi connectivity index (χ0v) is 11.5. The van der Waals surface area contributed by atoms with Crippen LogP contribution in [0.4, 0.5) is 5.69 Å². The van der Waals surface area contributed by atoms with Crippen molar-refractivity contribution in [1.29, 1.82) is 0 Å². The summed E-state index contributed by atoms with van der Waals surface area (Å²) in [5.74, 6) is 0. The Morgan fingerprint density at radius 1 is 0.909 bits per heavy atom. The molecule has 0 amide bonds. The number of aromatic nitrogens is 1. The second kappa shape index (κ2) is 5.65. The molecule has 22 heavy (non-hydrogen) atoms. The minimum absolute atomic E-state index is 0.0433. The highest BCUT2D eigenvalue weighted by molar-refractivity contribution is 5.77. The van der Waals surface area contributed by atoms with Crippen LogP contribution in [-0.4, -0.2) is 4.92 Å². The third-order valence-electron chi connectivity index (χ3n) is 3.37. The zero-order valence-electron chi connectivity index (χ0n) is 11.5. The van der Waals surface area contributed by atoms with E-state index in [1.165, 1.54) is 12.1 Å². The van der Waals surface area contributed by atoms with Crippen molar-refractivity contribution in [2.45, 2.75) is 0 Å². The predicted octanol–water partition coefficient (Wildman–Crippen LogP) is 3.55. The molecule has 2 aromatic carbocycles. The molecule has 0 unspecified atom stereocenters. The Labute approximate surface area is 126 Å². The van der Waals surface area contributed by atoms with Crippen molar-refractivity contribution >= 4 is 28.7 Å². The Bertz CT molecular complexity index is 871. The molecule has 0 saturated carbocycles. The second-order valence-electron chi connectivity index (χ2n) is 4.79. The Morgan fingerprint density at radius 2 is 1.64 bits per heavy atom. The minimum Gasteiger partial charge on any atom is -0.618 e. The predicted molar refractivity (Wildman–Crippen MR) is 84.9 cm³/mol. The molecule has 5 nitrogen and oxygen atoms in total. The van der Waals surface area contributed by atoms with Gasteiger partial charge in [0.1, 0.15) is 0 Å². The van der Waals surface area contributed by atoms with Gasteiger partial charge in [-0.3, -0.25) is 10.1 Å². The number of fused-ring (bicyclic) bond motifs is 1. The second-order valence-corrected chi connectivity index (χ2v) is 4.79. The summed E-state index contributed by atoms with van der Waals surface area (Å²) in [4.78, 5) is 10.2. The lowest BCUT2D eigenvalue weighted by Gasteiger charge is -2.04. The third-order valence-corrected chi connectivity index (χ3v) is 3.37. The van der Waals surface area contributed by atoms with Gasteiger partial charge in [0.25, 0.3) is 5.69 Å². The lowest BCUT2D eigenvalue weighted by atomic mass is 10.1. The largest absolute Gasteiger partial charge is 0.618 e. The Morgan fingerprint density at radius 3 is 2.36 bits per heavy atom. The Balaban J connectivity index is 1.92. The van der Waals surface area contributed by atoms with Crippen molar-refractivity contribution in [3.05, 3.63) is 87.2 Å². The van der Waals surface area contributed by atoms with Crippen LogP contribution >= 0.6 is 0 Å². The van der Waals surface area contributed by atoms with E-state index >= 15 is 0 Å². The molecule has 0 atom stereocenters. The molecule has 1 aromatic heterocycles. The third kappa shape index (κ3) is 2.64. The van der Waals surface area contributed by atoms with Gasteiger partial charge in [-0.25, -0.2) is 0 Å². The lowest BCUT2D eigenvalue weighted by molar-refractivity contribution is -0.579. The van der Waals surface area contributed by atoms with E-state index in [9.17, 15) is 15.3 Å². The molecule has 0 aliphatic carbocycles. The summed E-state index contributed by atoms with van der Waals surface area (Å²) in [6.45, 7) is 0. The van der Waals surface area contributed by atoms with Gasteiger partial charge in [-0.05, 0) is 35.9 Å². The number of nitro groups is 1. The van der Waals surface area contributed by atoms with Crippen molar-refractivity contribution in [1.82, 2.24) is 0 Å². The van der Waals surface area contributed by atoms with Gasteiger partial charge >= 0.3 is 0 Å². The van der Waals surface area contributed by atoms with Gasteiger partial charge < -0.3 is 5.21 Å². The number of hydrogen-bond acceptors (Lipinski definition) is 3. The molecule has 3 aromatic rings. The highest BCUT2D eigenvalue weighted by atomic mass is 16.6. The van der Waals surface area contributed by atoms with E-state index in [0.717, 1.165) is 15.7 Å². The molecule has 0 saturated heterocycles. The molecular formula is C17H12N2O3. The zero-order chi connectivity index (χ0) is 15.5. The fourth-order valence-electron chi connectivity index (χ4n) is 2.21. The van der Waals surface area contributed by atoms with Crippen molar-refractivity contribution in [3.8, 4) is 0 Å². The van der Waals surface area contributed by atoms with E-state index < -0.39 is 4.92 Å². The van der Waals surface area contributed by atoms with Crippen LogP contribution in [0, 0.1) is 15.3 Å². The van der Waals surface area contributed by atoms with Crippen LogP contribution < -0.4 is 4.73 Å². The standard InChI is InChI=1S/C17H12N2O3/c20-18-15(12-8-14-3-1-2-4-17(14)18)9-5-13-6-10-16(11-7-13)19(21)22/h1-12H/b9-5+. The molecule has 0 aliphatic rings.